The zero-order valence-corrected chi connectivity index (χ0v) is 12.5. The Morgan fingerprint density at radius 1 is 1.50 bits per heavy atom. The van der Waals surface area contributed by atoms with E-state index in [9.17, 15) is 4.79 Å². The van der Waals surface area contributed by atoms with Crippen LogP contribution < -0.4 is 10.6 Å². The van der Waals surface area contributed by atoms with Crippen molar-refractivity contribution in [3.63, 3.8) is 0 Å². The first-order chi connectivity index (χ1) is 9.62. The number of halogens is 1. The van der Waals surface area contributed by atoms with Gasteiger partial charge in [-0.2, -0.15) is 0 Å². The zero-order valence-electron chi connectivity index (χ0n) is 11.8. The van der Waals surface area contributed by atoms with Crippen LogP contribution in [0.1, 0.15) is 36.5 Å². The van der Waals surface area contributed by atoms with E-state index in [1.807, 2.05) is 6.92 Å². The number of anilines is 1. The highest BCUT2D eigenvalue weighted by Gasteiger charge is 2.26. The Balaban J connectivity index is 2.02. The molecule has 110 valence electrons. The molecule has 2 unspecified atom stereocenters. The lowest BCUT2D eigenvalue weighted by molar-refractivity contribution is 0.0915. The van der Waals surface area contributed by atoms with Crippen molar-refractivity contribution in [1.82, 2.24) is 10.3 Å². The number of hydrogen-bond donors (Lipinski definition) is 2. The fraction of sp³-hybridized carbons (Fsp3) is 0.571. The van der Waals surface area contributed by atoms with Gasteiger partial charge in [-0.05, 0) is 38.3 Å². The first-order valence-electron chi connectivity index (χ1n) is 6.87. The maximum absolute atomic E-state index is 12.2. The van der Waals surface area contributed by atoms with Crippen molar-refractivity contribution in [3.8, 4) is 0 Å². The number of amides is 1. The van der Waals surface area contributed by atoms with E-state index < -0.39 is 0 Å². The summed E-state index contributed by atoms with van der Waals surface area (Å²) >= 11 is 5.94. The molecule has 1 amide bonds. The van der Waals surface area contributed by atoms with Crippen LogP contribution in [0, 0.1) is 0 Å². The van der Waals surface area contributed by atoms with Gasteiger partial charge in [0.2, 0.25) is 0 Å². The molecular formula is C14H20ClN3O2. The summed E-state index contributed by atoms with van der Waals surface area (Å²) < 4.78 is 5.31. The van der Waals surface area contributed by atoms with Gasteiger partial charge in [0.25, 0.3) is 5.91 Å². The molecule has 0 bridgehead atoms. The van der Waals surface area contributed by atoms with Crippen molar-refractivity contribution in [2.24, 2.45) is 0 Å². The van der Waals surface area contributed by atoms with E-state index in [0.717, 1.165) is 25.8 Å². The van der Waals surface area contributed by atoms with E-state index in [4.69, 9.17) is 16.3 Å². The fourth-order valence-electron chi connectivity index (χ4n) is 2.45. The molecule has 1 aliphatic rings. The summed E-state index contributed by atoms with van der Waals surface area (Å²) in [4.78, 5) is 16.4. The van der Waals surface area contributed by atoms with Gasteiger partial charge in [-0.25, -0.2) is 4.98 Å². The molecule has 2 N–H and O–H groups in total. The van der Waals surface area contributed by atoms with Crippen molar-refractivity contribution >= 4 is 23.3 Å². The van der Waals surface area contributed by atoms with Crippen LogP contribution in [0.4, 0.5) is 5.82 Å². The number of hydrogen-bond acceptors (Lipinski definition) is 4. The van der Waals surface area contributed by atoms with Gasteiger partial charge in [0.15, 0.2) is 0 Å². The number of carbonyl (C=O) groups excluding carboxylic acids is 1. The zero-order chi connectivity index (χ0) is 14.5. The summed E-state index contributed by atoms with van der Waals surface area (Å²) in [5.74, 6) is 0.501. The maximum Gasteiger partial charge on any atom is 0.251 e. The summed E-state index contributed by atoms with van der Waals surface area (Å²) in [7, 11) is 1.71. The lowest BCUT2D eigenvalue weighted by Gasteiger charge is -2.13. The molecule has 20 heavy (non-hydrogen) atoms. The second-order valence-corrected chi connectivity index (χ2v) is 5.32. The minimum atomic E-state index is -0.116. The molecule has 1 saturated carbocycles. The van der Waals surface area contributed by atoms with Crippen LogP contribution in [0.5, 0.6) is 0 Å². The smallest absolute Gasteiger partial charge is 0.251 e. The molecule has 0 aromatic carbocycles. The van der Waals surface area contributed by atoms with Gasteiger partial charge in [-0.3, -0.25) is 4.79 Å². The number of ether oxygens (including phenoxy) is 1. The standard InChI is InChI=1S/C14H20ClN3O2/c1-3-16-13-7-9(6-12(15)18-13)14(19)17-10-4-5-11(8-10)20-2/h6-7,10-11H,3-5,8H2,1-2H3,(H,16,18)(H,17,19). The summed E-state index contributed by atoms with van der Waals surface area (Å²) in [5, 5.41) is 6.40. The second-order valence-electron chi connectivity index (χ2n) is 4.94. The van der Waals surface area contributed by atoms with Gasteiger partial charge in [0.1, 0.15) is 11.0 Å². The average molecular weight is 298 g/mol. The highest BCUT2D eigenvalue weighted by Crippen LogP contribution is 2.22. The maximum atomic E-state index is 12.2. The summed E-state index contributed by atoms with van der Waals surface area (Å²) in [6.45, 7) is 2.69. The Morgan fingerprint density at radius 2 is 2.30 bits per heavy atom. The van der Waals surface area contributed by atoms with E-state index in [0.29, 0.717) is 16.5 Å². The third-order valence-electron chi connectivity index (χ3n) is 3.47. The van der Waals surface area contributed by atoms with E-state index in [1.54, 1.807) is 19.2 Å². The molecule has 0 spiro atoms. The second kappa shape index (κ2) is 6.90. The van der Waals surface area contributed by atoms with Gasteiger partial charge >= 0.3 is 0 Å². The fourth-order valence-corrected chi connectivity index (χ4v) is 2.66. The van der Waals surface area contributed by atoms with E-state index in [-0.39, 0.29) is 18.1 Å². The molecule has 5 nitrogen and oxygen atoms in total. The van der Waals surface area contributed by atoms with Crippen LogP contribution in [0.2, 0.25) is 5.15 Å². The van der Waals surface area contributed by atoms with E-state index in [2.05, 4.69) is 15.6 Å². The number of carbonyl (C=O) groups is 1. The Hall–Kier alpha value is -1.33. The predicted molar refractivity (Wildman–Crippen MR) is 79.3 cm³/mol. The van der Waals surface area contributed by atoms with Crippen LogP contribution >= 0.6 is 11.6 Å². The largest absolute Gasteiger partial charge is 0.381 e. The van der Waals surface area contributed by atoms with Crippen molar-refractivity contribution in [1.29, 1.82) is 0 Å². The average Bonchev–Trinajstić information content (AvgIpc) is 2.86. The van der Waals surface area contributed by atoms with Crippen LogP contribution in [0.15, 0.2) is 12.1 Å². The Labute approximate surface area is 124 Å². The van der Waals surface area contributed by atoms with Crippen LogP contribution in [0.25, 0.3) is 0 Å². The van der Waals surface area contributed by atoms with Crippen molar-refractivity contribution in [2.75, 3.05) is 19.0 Å². The minimum Gasteiger partial charge on any atom is -0.381 e. The molecule has 2 rings (SSSR count). The van der Waals surface area contributed by atoms with Gasteiger partial charge in [-0.15, -0.1) is 0 Å². The molecular weight excluding hydrogens is 278 g/mol. The third kappa shape index (κ3) is 3.84. The first kappa shape index (κ1) is 15.1. The summed E-state index contributed by atoms with van der Waals surface area (Å²) in [6.07, 6.45) is 3.05. The minimum absolute atomic E-state index is 0.116. The molecule has 0 radical (unpaired) electrons. The topological polar surface area (TPSA) is 63.2 Å². The first-order valence-corrected chi connectivity index (χ1v) is 7.25. The molecule has 1 fully saturated rings. The number of nitrogens with one attached hydrogen (secondary N) is 2. The van der Waals surface area contributed by atoms with Gasteiger partial charge in [0.05, 0.1) is 6.10 Å². The third-order valence-corrected chi connectivity index (χ3v) is 3.66. The van der Waals surface area contributed by atoms with Crippen molar-refractivity contribution in [2.45, 2.75) is 38.3 Å². The van der Waals surface area contributed by atoms with E-state index in [1.165, 1.54) is 0 Å². The lowest BCUT2D eigenvalue weighted by atomic mass is 10.2. The number of pyridine rings is 1. The Morgan fingerprint density at radius 3 is 2.95 bits per heavy atom. The molecule has 0 saturated heterocycles. The molecule has 1 aliphatic carbocycles. The Bertz CT molecular complexity index is 481. The van der Waals surface area contributed by atoms with Crippen molar-refractivity contribution in [3.05, 3.63) is 22.8 Å². The van der Waals surface area contributed by atoms with Crippen LogP contribution in [0.3, 0.4) is 0 Å². The molecule has 6 heteroatoms. The number of rotatable bonds is 5. The quantitative estimate of drug-likeness (QED) is 0.820. The molecule has 1 heterocycles. The van der Waals surface area contributed by atoms with Gasteiger partial charge in [0, 0.05) is 25.3 Å². The number of aromatic nitrogens is 1. The van der Waals surface area contributed by atoms with Crippen LogP contribution in [-0.2, 0) is 4.74 Å². The molecule has 1 aromatic rings. The highest BCUT2D eigenvalue weighted by molar-refractivity contribution is 6.29. The monoisotopic (exact) mass is 297 g/mol. The molecule has 2 atom stereocenters. The van der Waals surface area contributed by atoms with Crippen molar-refractivity contribution < 1.29 is 9.53 Å². The lowest BCUT2D eigenvalue weighted by Crippen LogP contribution is -2.33. The summed E-state index contributed by atoms with van der Waals surface area (Å²) in [5.41, 5.74) is 0.529. The molecule has 1 aromatic heterocycles. The summed E-state index contributed by atoms with van der Waals surface area (Å²) in [6, 6.07) is 3.47. The number of methoxy groups -OCH3 is 1. The Kier molecular flexibility index (Phi) is 5.20. The van der Waals surface area contributed by atoms with E-state index >= 15 is 0 Å². The highest BCUT2D eigenvalue weighted by atomic mass is 35.5. The van der Waals surface area contributed by atoms with Gasteiger partial charge < -0.3 is 15.4 Å². The number of nitrogens with zero attached hydrogens (tertiary/aromatic N) is 1. The van der Waals surface area contributed by atoms with Crippen LogP contribution in [-0.4, -0.2) is 36.7 Å². The van der Waals surface area contributed by atoms with Gasteiger partial charge in [-0.1, -0.05) is 11.6 Å². The molecule has 0 aliphatic heterocycles. The normalized spacial score (nSPS) is 21.8. The predicted octanol–water partition coefficient (Wildman–Crippen LogP) is 2.46. The SMILES string of the molecule is CCNc1cc(C(=O)NC2CCC(OC)C2)cc(Cl)n1.